The van der Waals surface area contributed by atoms with Gasteiger partial charge in [0.05, 0.1) is 5.56 Å². The molecule has 0 bridgehead atoms. The molecule has 0 amide bonds. The predicted molar refractivity (Wildman–Crippen MR) is 100 cm³/mol. The second-order valence-electron chi connectivity index (χ2n) is 5.91. The maximum atomic E-state index is 14.6. The highest BCUT2D eigenvalue weighted by atomic mass is 19.1. The van der Waals surface area contributed by atoms with Gasteiger partial charge in [0.1, 0.15) is 24.6 Å². The fraction of sp³-hybridized carbons (Fsp3) is 0.316. The van der Waals surface area contributed by atoms with E-state index in [0.29, 0.717) is 4.68 Å². The van der Waals surface area contributed by atoms with Crippen LogP contribution in [0, 0.1) is 11.6 Å². The average Bonchev–Trinajstić information content (AvgIpc) is 3.43. The molecule has 8 nitrogen and oxygen atoms in total. The van der Waals surface area contributed by atoms with Crippen molar-refractivity contribution in [1.29, 1.82) is 0 Å². The van der Waals surface area contributed by atoms with Gasteiger partial charge in [-0.3, -0.25) is 4.68 Å². The number of benzene rings is 1. The molecular weight excluding hydrogens is 380 g/mol. The lowest BCUT2D eigenvalue weighted by Gasteiger charge is -2.21. The summed E-state index contributed by atoms with van der Waals surface area (Å²) in [5.41, 5.74) is -5.47. The van der Waals surface area contributed by atoms with Crippen LogP contribution < -0.4 is 4.74 Å². The van der Waals surface area contributed by atoms with Crippen LogP contribution in [-0.2, 0) is 19.0 Å². The third-order valence-electron chi connectivity index (χ3n) is 3.89. The van der Waals surface area contributed by atoms with Crippen molar-refractivity contribution in [3.05, 3.63) is 53.6 Å². The van der Waals surface area contributed by atoms with Crippen LogP contribution >= 0.6 is 0 Å². The maximum Gasteiger partial charge on any atom is 0.236 e. The summed E-state index contributed by atoms with van der Waals surface area (Å²) < 4.78 is 131. The second-order valence-corrected chi connectivity index (χ2v) is 5.91. The molecular formula is C19H19F2N7O. The van der Waals surface area contributed by atoms with Crippen LogP contribution in [0.3, 0.4) is 0 Å². The standard InChI is InChI=1S/C19H19F2N7O/c1-19(2,3)13-8-15-24-25-17(12-7-11(20)5-6-14(12)21)28(15)26-18(13)29-9-16-22-10-23-27(16)4/h5-8,10H,9H2,1-4H3/i1D3,2D3,3D3,4D3. The van der Waals surface area contributed by atoms with E-state index in [4.69, 9.17) is 21.2 Å². The van der Waals surface area contributed by atoms with Crippen LogP contribution in [-0.4, -0.2) is 34.6 Å². The number of hydrogen-bond donors (Lipinski definition) is 0. The number of nitrogens with zero attached hydrogens (tertiary/aromatic N) is 7. The smallest absolute Gasteiger partial charge is 0.236 e. The lowest BCUT2D eigenvalue weighted by Crippen LogP contribution is -2.17. The molecule has 0 aliphatic rings. The number of aryl methyl sites for hydroxylation is 1. The molecule has 3 aromatic heterocycles. The molecule has 10 heteroatoms. The summed E-state index contributed by atoms with van der Waals surface area (Å²) in [6.07, 6.45) is 0.880. The Kier molecular flexibility index (Phi) is 2.22. The fourth-order valence-electron chi connectivity index (χ4n) is 2.52. The average molecular weight is 411 g/mol. The van der Waals surface area contributed by atoms with Crippen LogP contribution in [0.4, 0.5) is 8.78 Å². The van der Waals surface area contributed by atoms with Gasteiger partial charge in [0, 0.05) is 29.0 Å². The third-order valence-corrected chi connectivity index (χ3v) is 3.89. The molecule has 3 heterocycles. The van der Waals surface area contributed by atoms with Crippen molar-refractivity contribution in [2.75, 3.05) is 0 Å². The van der Waals surface area contributed by atoms with E-state index in [9.17, 15) is 8.78 Å². The van der Waals surface area contributed by atoms with E-state index >= 15 is 0 Å². The molecule has 0 spiro atoms. The molecule has 0 unspecified atom stereocenters. The summed E-state index contributed by atoms with van der Waals surface area (Å²) in [4.78, 5) is 3.76. The van der Waals surface area contributed by atoms with Crippen molar-refractivity contribution >= 4 is 5.65 Å². The first-order valence-corrected chi connectivity index (χ1v) is 7.94. The van der Waals surface area contributed by atoms with Gasteiger partial charge in [-0.2, -0.15) is 9.61 Å². The Morgan fingerprint density at radius 1 is 1.17 bits per heavy atom. The van der Waals surface area contributed by atoms with Crippen LogP contribution in [0.15, 0.2) is 30.6 Å². The molecule has 0 saturated carbocycles. The molecule has 0 radical (unpaired) electrons. The van der Waals surface area contributed by atoms with Crippen LogP contribution in [0.25, 0.3) is 17.0 Å². The zero-order chi connectivity index (χ0) is 30.8. The molecule has 0 aliphatic heterocycles. The highest BCUT2D eigenvalue weighted by Crippen LogP contribution is 2.32. The van der Waals surface area contributed by atoms with E-state index in [1.54, 1.807) is 0 Å². The lowest BCUT2D eigenvalue weighted by molar-refractivity contribution is 0.266. The molecule has 0 fully saturated rings. The van der Waals surface area contributed by atoms with Gasteiger partial charge in [-0.05, 0) is 29.7 Å². The molecule has 0 aliphatic carbocycles. The topological polar surface area (TPSA) is 83.0 Å². The Labute approximate surface area is 182 Å². The zero-order valence-electron chi connectivity index (χ0n) is 26.4. The Bertz CT molecular complexity index is 1550. The minimum absolute atomic E-state index is 0.347. The van der Waals surface area contributed by atoms with Crippen LogP contribution in [0.2, 0.25) is 0 Å². The molecule has 0 atom stereocenters. The van der Waals surface area contributed by atoms with E-state index < -0.39 is 79.7 Å². The van der Waals surface area contributed by atoms with Gasteiger partial charge in [0.25, 0.3) is 0 Å². The van der Waals surface area contributed by atoms with Gasteiger partial charge in [-0.15, -0.1) is 15.3 Å². The number of aromatic nitrogens is 7. The van der Waals surface area contributed by atoms with Crippen molar-refractivity contribution in [3.8, 4) is 17.3 Å². The minimum atomic E-state index is -3.74. The summed E-state index contributed by atoms with van der Waals surface area (Å²) in [5, 5.41) is 15.1. The summed E-state index contributed by atoms with van der Waals surface area (Å²) >= 11 is 0. The van der Waals surface area contributed by atoms with Crippen molar-refractivity contribution in [2.45, 2.75) is 32.6 Å². The van der Waals surface area contributed by atoms with Gasteiger partial charge in [-0.25, -0.2) is 13.8 Å². The van der Waals surface area contributed by atoms with E-state index in [1.165, 1.54) is 0 Å². The Hall–Kier alpha value is -3.43. The van der Waals surface area contributed by atoms with Gasteiger partial charge >= 0.3 is 0 Å². The van der Waals surface area contributed by atoms with Crippen LogP contribution in [0.1, 0.15) is 48.4 Å². The van der Waals surface area contributed by atoms with E-state index in [0.717, 1.165) is 35.1 Å². The highest BCUT2D eigenvalue weighted by Gasteiger charge is 2.24. The Morgan fingerprint density at radius 3 is 2.83 bits per heavy atom. The van der Waals surface area contributed by atoms with Gasteiger partial charge in [-0.1, -0.05) is 20.6 Å². The molecule has 4 aromatic rings. The molecule has 0 saturated heterocycles. The summed E-state index contributed by atoms with van der Waals surface area (Å²) in [5.74, 6) is -3.51. The van der Waals surface area contributed by atoms with E-state index in [2.05, 4.69) is 25.4 Å². The number of ether oxygens (including phenoxy) is 1. The fourth-order valence-corrected chi connectivity index (χ4v) is 2.52. The van der Waals surface area contributed by atoms with Crippen molar-refractivity contribution in [3.63, 3.8) is 0 Å². The minimum Gasteiger partial charge on any atom is -0.468 e. The zero-order valence-corrected chi connectivity index (χ0v) is 14.4. The summed E-state index contributed by atoms with van der Waals surface area (Å²) in [6.45, 7) is -14.9. The lowest BCUT2D eigenvalue weighted by atomic mass is 9.88. The van der Waals surface area contributed by atoms with Crippen molar-refractivity contribution in [2.24, 2.45) is 6.98 Å². The van der Waals surface area contributed by atoms with Gasteiger partial charge in [0.15, 0.2) is 17.3 Å². The quantitative estimate of drug-likeness (QED) is 0.513. The SMILES string of the molecule is [2H]C([2H])([2H])n1ncnc1COc1nn2c(-c3cc(F)ccc3F)nnc2cc1C(C([2H])([2H])[2H])(C([2H])([2H])[2H])C([2H])([2H])[2H]. The largest absolute Gasteiger partial charge is 0.468 e. The van der Waals surface area contributed by atoms with Crippen molar-refractivity contribution < 1.29 is 30.0 Å². The molecule has 4 rings (SSSR count). The van der Waals surface area contributed by atoms with E-state index in [1.807, 2.05) is 0 Å². The van der Waals surface area contributed by atoms with Gasteiger partial charge in [0.2, 0.25) is 5.88 Å². The maximum absolute atomic E-state index is 14.6. The molecule has 150 valence electrons. The number of halogens is 2. The normalized spacial score (nSPS) is 19.8. The predicted octanol–water partition coefficient (Wildman–Crippen LogP) is 3.07. The number of hydrogen-bond acceptors (Lipinski definition) is 6. The van der Waals surface area contributed by atoms with Crippen LogP contribution in [0.5, 0.6) is 5.88 Å². The Morgan fingerprint density at radius 2 is 2.03 bits per heavy atom. The monoisotopic (exact) mass is 411 g/mol. The number of rotatable bonds is 4. The first-order chi connectivity index (χ1) is 18.7. The van der Waals surface area contributed by atoms with Crippen molar-refractivity contribution in [1.82, 2.24) is 34.6 Å². The van der Waals surface area contributed by atoms with E-state index in [-0.39, 0.29) is 5.82 Å². The second kappa shape index (κ2) is 6.87. The summed E-state index contributed by atoms with van der Waals surface area (Å²) in [7, 11) is 0. The Balaban J connectivity index is 2.04. The summed E-state index contributed by atoms with van der Waals surface area (Å²) in [6, 6.07) is 3.14. The first kappa shape index (κ1) is 9.38. The third kappa shape index (κ3) is 3.53. The molecule has 29 heavy (non-hydrogen) atoms. The first-order valence-electron chi connectivity index (χ1n) is 13.9. The van der Waals surface area contributed by atoms with Gasteiger partial charge < -0.3 is 4.74 Å². The molecule has 0 N–H and O–H groups in total. The molecule has 1 aromatic carbocycles. The highest BCUT2D eigenvalue weighted by molar-refractivity contribution is 5.60. The number of fused-ring (bicyclic) bond motifs is 1.